The largest absolute Gasteiger partial charge is 0.481 e. The minimum absolute atomic E-state index is 0.0902. The van der Waals surface area contributed by atoms with Gasteiger partial charge in [-0.2, -0.15) is 13.2 Å². The van der Waals surface area contributed by atoms with Gasteiger partial charge >= 0.3 is 12.1 Å². The van der Waals surface area contributed by atoms with Gasteiger partial charge in [0.25, 0.3) is 5.56 Å². The maximum Gasteiger partial charge on any atom is 0.416 e. The highest BCUT2D eigenvalue weighted by molar-refractivity contribution is 5.82. The van der Waals surface area contributed by atoms with Crippen LogP contribution >= 0.6 is 0 Å². The Morgan fingerprint density at radius 3 is 2.21 bits per heavy atom. The van der Waals surface area contributed by atoms with Crippen molar-refractivity contribution in [3.05, 3.63) is 91.6 Å². The first-order valence-electron chi connectivity index (χ1n) is 15.1. The van der Waals surface area contributed by atoms with Gasteiger partial charge in [0, 0.05) is 29.3 Å². The molecular formula is C35H34F6N2O5. The molecule has 2 aromatic carbocycles. The summed E-state index contributed by atoms with van der Waals surface area (Å²) in [7, 11) is 0. The molecule has 1 amide bonds. The van der Waals surface area contributed by atoms with Crippen LogP contribution in [0.4, 0.5) is 26.3 Å². The Morgan fingerprint density at radius 1 is 1.08 bits per heavy atom. The van der Waals surface area contributed by atoms with Gasteiger partial charge < -0.3 is 19.7 Å². The molecular weight excluding hydrogens is 642 g/mol. The summed E-state index contributed by atoms with van der Waals surface area (Å²) in [6, 6.07) is 0.312. The number of hydrogen-bond acceptors (Lipinski definition) is 4. The zero-order chi connectivity index (χ0) is 35.7. The van der Waals surface area contributed by atoms with Crippen LogP contribution in [0.2, 0.25) is 0 Å². The van der Waals surface area contributed by atoms with E-state index in [0.717, 1.165) is 29.0 Å². The highest BCUT2D eigenvalue weighted by atomic mass is 19.4. The highest BCUT2D eigenvalue weighted by Gasteiger charge is 2.37. The van der Waals surface area contributed by atoms with Crippen LogP contribution in [0.5, 0.6) is 0 Å². The lowest BCUT2D eigenvalue weighted by Crippen LogP contribution is -2.41. The van der Waals surface area contributed by atoms with Crippen LogP contribution < -0.4 is 10.9 Å². The first-order chi connectivity index (χ1) is 22.4. The van der Waals surface area contributed by atoms with Crippen LogP contribution in [0.25, 0.3) is 11.1 Å². The Hall–Kier alpha value is -4.57. The standard InChI is InChI=1S/C35H34F6N2O5/c1-6-21-11-24(30-18(4)8-23(36)9-19(30)5)33(38)31(32(21)37)26(13-29(45)46)42-34(47)27(7-17(2)3)43-14-22(10-20-15-48-16-20)25(12-28(43)44)35(39,40)41/h1,8-9,11-12,14,17,20,26-27H,7,10,13,15-16H2,2-5H3,(H,42,47)(H,45,46)/t26-,27+/m1/s1. The maximum atomic E-state index is 16.4. The van der Waals surface area contributed by atoms with Gasteiger partial charge in [-0.05, 0) is 73.1 Å². The average Bonchev–Trinajstić information content (AvgIpc) is 2.94. The van der Waals surface area contributed by atoms with Crippen molar-refractivity contribution in [3.8, 4) is 23.5 Å². The molecule has 2 atom stereocenters. The summed E-state index contributed by atoms with van der Waals surface area (Å²) < 4.78 is 94.0. The summed E-state index contributed by atoms with van der Waals surface area (Å²) in [5.74, 6) is -4.27. The molecule has 1 saturated heterocycles. The molecule has 0 spiro atoms. The third kappa shape index (κ3) is 7.76. The van der Waals surface area contributed by atoms with E-state index in [1.165, 1.54) is 13.8 Å². The van der Waals surface area contributed by atoms with Gasteiger partial charge in [-0.3, -0.25) is 14.4 Å². The number of ether oxygens (including phenoxy) is 1. The second-order valence-corrected chi connectivity index (χ2v) is 12.4. The number of amides is 1. The number of halogens is 6. The summed E-state index contributed by atoms with van der Waals surface area (Å²) in [4.78, 5) is 39.0. The molecule has 7 nitrogen and oxygen atoms in total. The number of aromatic nitrogens is 1. The predicted octanol–water partition coefficient (Wildman–Crippen LogP) is 6.66. The van der Waals surface area contributed by atoms with Crippen LogP contribution in [0.15, 0.2) is 35.3 Å². The van der Waals surface area contributed by atoms with Crippen molar-refractivity contribution in [2.45, 2.75) is 65.2 Å². The minimum Gasteiger partial charge on any atom is -0.481 e. The summed E-state index contributed by atoms with van der Waals surface area (Å²) in [5.41, 5.74) is -3.44. The number of benzene rings is 2. The molecule has 2 N–H and O–H groups in total. The molecule has 1 fully saturated rings. The molecule has 48 heavy (non-hydrogen) atoms. The molecule has 1 aromatic heterocycles. The number of aliphatic carboxylic acids is 1. The third-order valence-electron chi connectivity index (χ3n) is 8.22. The smallest absolute Gasteiger partial charge is 0.416 e. The van der Waals surface area contributed by atoms with E-state index in [0.29, 0.717) is 6.07 Å². The highest BCUT2D eigenvalue weighted by Crippen LogP contribution is 2.38. The van der Waals surface area contributed by atoms with Crippen molar-refractivity contribution in [2.24, 2.45) is 11.8 Å². The number of alkyl halides is 3. The monoisotopic (exact) mass is 676 g/mol. The number of nitrogens with one attached hydrogen (secondary N) is 1. The molecule has 0 radical (unpaired) electrons. The lowest BCUT2D eigenvalue weighted by molar-refractivity contribution is -0.139. The molecule has 256 valence electrons. The van der Waals surface area contributed by atoms with Crippen molar-refractivity contribution >= 4 is 11.9 Å². The van der Waals surface area contributed by atoms with Crippen LogP contribution in [0.1, 0.15) is 72.2 Å². The van der Waals surface area contributed by atoms with Gasteiger partial charge in [-0.15, -0.1) is 6.42 Å². The second kappa shape index (κ2) is 14.3. The van der Waals surface area contributed by atoms with E-state index >= 15 is 8.78 Å². The van der Waals surface area contributed by atoms with E-state index in [4.69, 9.17) is 11.2 Å². The Bertz CT molecular complexity index is 1820. The van der Waals surface area contributed by atoms with Gasteiger partial charge in [0.2, 0.25) is 5.91 Å². The lowest BCUT2D eigenvalue weighted by Gasteiger charge is -2.29. The maximum absolute atomic E-state index is 16.4. The zero-order valence-electron chi connectivity index (χ0n) is 26.6. The molecule has 3 aromatic rings. The van der Waals surface area contributed by atoms with E-state index in [9.17, 15) is 37.1 Å². The quantitative estimate of drug-likeness (QED) is 0.175. The predicted molar refractivity (Wildman–Crippen MR) is 165 cm³/mol. The number of hydrogen-bond donors (Lipinski definition) is 2. The van der Waals surface area contributed by atoms with E-state index in [1.807, 2.05) is 0 Å². The van der Waals surface area contributed by atoms with Crippen LogP contribution in [-0.2, 0) is 26.9 Å². The average molecular weight is 677 g/mol. The fraction of sp³-hybridized carbons (Fsp3) is 0.400. The SMILES string of the molecule is C#Cc1cc(-c2c(C)cc(F)cc2C)c(F)c([C@@H](CC(=O)O)NC(=O)[C@H](CC(C)C)n2cc(CC3COC3)c(C(F)(F)F)cc2=O)c1F. The lowest BCUT2D eigenvalue weighted by atomic mass is 9.89. The first kappa shape index (κ1) is 36.3. The van der Waals surface area contributed by atoms with E-state index in [1.54, 1.807) is 13.8 Å². The summed E-state index contributed by atoms with van der Waals surface area (Å²) in [6.07, 6.45) is 0.393. The molecule has 2 heterocycles. The van der Waals surface area contributed by atoms with Crippen molar-refractivity contribution in [3.63, 3.8) is 0 Å². The molecule has 13 heteroatoms. The first-order valence-corrected chi connectivity index (χ1v) is 15.1. The number of carbonyl (C=O) groups is 2. The number of terminal acetylenes is 1. The number of carboxylic acid groups (broad SMARTS) is 1. The van der Waals surface area contributed by atoms with Crippen molar-refractivity contribution in [1.82, 2.24) is 9.88 Å². The number of aryl methyl sites for hydroxylation is 2. The van der Waals surface area contributed by atoms with Gasteiger partial charge in [-0.1, -0.05) is 19.8 Å². The van der Waals surface area contributed by atoms with Crippen molar-refractivity contribution in [2.75, 3.05) is 13.2 Å². The van der Waals surface area contributed by atoms with Crippen LogP contribution in [0.3, 0.4) is 0 Å². The minimum atomic E-state index is -4.86. The van der Waals surface area contributed by atoms with Gasteiger partial charge in [0.15, 0.2) is 0 Å². The number of carboxylic acids is 1. The summed E-state index contributed by atoms with van der Waals surface area (Å²) in [6.45, 7) is 6.79. The molecule has 1 aliphatic rings. The fourth-order valence-corrected chi connectivity index (χ4v) is 6.02. The molecule has 1 aliphatic heterocycles. The molecule has 4 rings (SSSR count). The molecule has 0 saturated carbocycles. The van der Waals surface area contributed by atoms with Crippen molar-refractivity contribution in [1.29, 1.82) is 0 Å². The van der Waals surface area contributed by atoms with E-state index in [2.05, 4.69) is 11.2 Å². The number of carbonyl (C=O) groups excluding carboxylic acids is 1. The molecule has 0 unspecified atom stereocenters. The Balaban J connectivity index is 1.86. The molecule has 0 bridgehead atoms. The Morgan fingerprint density at radius 2 is 1.71 bits per heavy atom. The fourth-order valence-electron chi connectivity index (χ4n) is 6.02. The summed E-state index contributed by atoms with van der Waals surface area (Å²) in [5, 5.41) is 12.1. The van der Waals surface area contributed by atoms with Crippen LogP contribution in [0, 0.1) is 55.5 Å². The van der Waals surface area contributed by atoms with Gasteiger partial charge in [-0.25, -0.2) is 13.2 Å². The van der Waals surface area contributed by atoms with Gasteiger partial charge in [0.1, 0.15) is 23.5 Å². The summed E-state index contributed by atoms with van der Waals surface area (Å²) >= 11 is 0. The van der Waals surface area contributed by atoms with Crippen molar-refractivity contribution < 1.29 is 45.8 Å². The second-order valence-electron chi connectivity index (χ2n) is 12.4. The van der Waals surface area contributed by atoms with E-state index in [-0.39, 0.29) is 65.7 Å². The zero-order valence-corrected chi connectivity index (χ0v) is 26.6. The number of nitrogens with zero attached hydrogens (tertiary/aromatic N) is 1. The van der Waals surface area contributed by atoms with Gasteiger partial charge in [0.05, 0.1) is 36.8 Å². The Labute approximate surface area is 272 Å². The number of pyridine rings is 1. The van der Waals surface area contributed by atoms with E-state index < -0.39 is 76.3 Å². The molecule has 0 aliphatic carbocycles. The normalized spacial score (nSPS) is 14.7. The number of rotatable bonds is 11. The Kier molecular flexibility index (Phi) is 10.8. The van der Waals surface area contributed by atoms with Crippen LogP contribution in [-0.4, -0.2) is 34.8 Å². The third-order valence-corrected chi connectivity index (χ3v) is 8.22. The topological polar surface area (TPSA) is 97.6 Å².